The molecule has 0 saturated carbocycles. The molecule has 10 heteroatoms. The van der Waals surface area contributed by atoms with Crippen LogP contribution in [0.5, 0.6) is 0 Å². The molecule has 2 aromatic rings. The third-order valence-corrected chi connectivity index (χ3v) is 3.12. The van der Waals surface area contributed by atoms with Crippen LogP contribution < -0.4 is 11.1 Å². The van der Waals surface area contributed by atoms with E-state index in [0.717, 1.165) is 6.07 Å². The highest BCUT2D eigenvalue weighted by molar-refractivity contribution is 5.94. The second-order valence-electron chi connectivity index (χ2n) is 4.88. The number of aryl methyl sites for hydroxylation is 2. The van der Waals surface area contributed by atoms with E-state index in [2.05, 4.69) is 20.4 Å². The average Bonchev–Trinajstić information content (AvgIpc) is 2.80. The maximum Gasteiger partial charge on any atom is 0.435 e. The molecule has 0 bridgehead atoms. The molecular weight excluding hydrogens is 313 g/mol. The van der Waals surface area contributed by atoms with Crippen LogP contribution in [0.15, 0.2) is 12.3 Å². The van der Waals surface area contributed by atoms with E-state index in [9.17, 15) is 18.0 Å². The number of nitrogens with zero attached hydrogens (tertiary/aromatic N) is 4. The summed E-state index contributed by atoms with van der Waals surface area (Å²) in [5.41, 5.74) is 5.48. The Morgan fingerprint density at radius 1 is 1.39 bits per heavy atom. The zero-order valence-electron chi connectivity index (χ0n) is 12.5. The van der Waals surface area contributed by atoms with Gasteiger partial charge in [0.1, 0.15) is 0 Å². The van der Waals surface area contributed by atoms with Gasteiger partial charge in [0, 0.05) is 18.4 Å². The summed E-state index contributed by atoms with van der Waals surface area (Å²) < 4.78 is 38.9. The van der Waals surface area contributed by atoms with E-state index in [0.29, 0.717) is 11.4 Å². The number of halogens is 3. The van der Waals surface area contributed by atoms with Gasteiger partial charge < -0.3 is 11.1 Å². The first kappa shape index (κ1) is 16.7. The van der Waals surface area contributed by atoms with Crippen molar-refractivity contribution in [2.45, 2.75) is 26.6 Å². The number of nitrogen functional groups attached to an aromatic ring is 1. The van der Waals surface area contributed by atoms with Crippen LogP contribution in [-0.2, 0) is 12.7 Å². The van der Waals surface area contributed by atoms with Crippen molar-refractivity contribution in [2.75, 3.05) is 12.3 Å². The van der Waals surface area contributed by atoms with Crippen molar-refractivity contribution in [3.8, 4) is 0 Å². The molecule has 0 aliphatic rings. The van der Waals surface area contributed by atoms with Crippen LogP contribution in [0.25, 0.3) is 0 Å². The maximum atomic E-state index is 12.6. The SMILES string of the molecule is Cc1nc(N)ncc1C(=O)NCCn1nc(C(F)(F)F)cc1C. The first-order chi connectivity index (χ1) is 10.7. The number of aromatic nitrogens is 4. The lowest BCUT2D eigenvalue weighted by Crippen LogP contribution is -2.29. The third kappa shape index (κ3) is 3.96. The molecule has 0 saturated heterocycles. The largest absolute Gasteiger partial charge is 0.435 e. The number of hydrogen-bond donors (Lipinski definition) is 2. The Bertz CT molecular complexity index is 725. The van der Waals surface area contributed by atoms with Gasteiger partial charge in [0.15, 0.2) is 5.69 Å². The minimum Gasteiger partial charge on any atom is -0.368 e. The van der Waals surface area contributed by atoms with Crippen LogP contribution in [0, 0.1) is 13.8 Å². The lowest BCUT2D eigenvalue weighted by atomic mass is 10.2. The topological polar surface area (TPSA) is 98.7 Å². The second-order valence-corrected chi connectivity index (χ2v) is 4.88. The Morgan fingerprint density at radius 3 is 2.65 bits per heavy atom. The number of alkyl halides is 3. The van der Waals surface area contributed by atoms with Crippen molar-refractivity contribution < 1.29 is 18.0 Å². The summed E-state index contributed by atoms with van der Waals surface area (Å²) in [5, 5.41) is 6.06. The summed E-state index contributed by atoms with van der Waals surface area (Å²) >= 11 is 0. The Morgan fingerprint density at radius 2 is 2.09 bits per heavy atom. The number of anilines is 1. The van der Waals surface area contributed by atoms with Gasteiger partial charge in [-0.2, -0.15) is 18.3 Å². The summed E-state index contributed by atoms with van der Waals surface area (Å²) in [7, 11) is 0. The number of amides is 1. The average molecular weight is 328 g/mol. The monoisotopic (exact) mass is 328 g/mol. The van der Waals surface area contributed by atoms with E-state index in [1.807, 2.05) is 0 Å². The molecule has 0 unspecified atom stereocenters. The fourth-order valence-corrected chi connectivity index (χ4v) is 1.95. The van der Waals surface area contributed by atoms with E-state index < -0.39 is 17.8 Å². The minimum absolute atomic E-state index is 0.0610. The van der Waals surface area contributed by atoms with Crippen LogP contribution in [0.4, 0.5) is 19.1 Å². The highest BCUT2D eigenvalue weighted by atomic mass is 19.4. The lowest BCUT2D eigenvalue weighted by molar-refractivity contribution is -0.141. The molecular formula is C13H15F3N6O. The Hall–Kier alpha value is -2.65. The van der Waals surface area contributed by atoms with Crippen LogP contribution in [0.1, 0.15) is 27.4 Å². The highest BCUT2D eigenvalue weighted by Crippen LogP contribution is 2.28. The third-order valence-electron chi connectivity index (χ3n) is 3.12. The second kappa shape index (κ2) is 6.23. The first-order valence-electron chi connectivity index (χ1n) is 6.67. The maximum absolute atomic E-state index is 12.6. The van der Waals surface area contributed by atoms with Gasteiger partial charge in [-0.15, -0.1) is 0 Å². The van der Waals surface area contributed by atoms with Crippen LogP contribution in [-0.4, -0.2) is 32.2 Å². The number of rotatable bonds is 4. The first-order valence-corrected chi connectivity index (χ1v) is 6.67. The van der Waals surface area contributed by atoms with Gasteiger partial charge in [-0.1, -0.05) is 0 Å². The summed E-state index contributed by atoms with van der Waals surface area (Å²) in [4.78, 5) is 19.6. The summed E-state index contributed by atoms with van der Waals surface area (Å²) in [6.07, 6.45) is -3.19. The smallest absolute Gasteiger partial charge is 0.368 e. The molecule has 0 spiro atoms. The van der Waals surface area contributed by atoms with Gasteiger partial charge in [0.25, 0.3) is 5.91 Å². The molecule has 2 aromatic heterocycles. The number of nitrogens with two attached hydrogens (primary N) is 1. The number of nitrogens with one attached hydrogen (secondary N) is 1. The van der Waals surface area contributed by atoms with Crippen LogP contribution in [0.3, 0.4) is 0 Å². The van der Waals surface area contributed by atoms with E-state index in [1.165, 1.54) is 17.8 Å². The molecule has 1 amide bonds. The molecule has 0 aliphatic heterocycles. The van der Waals surface area contributed by atoms with Gasteiger partial charge in [0.05, 0.1) is 17.8 Å². The molecule has 3 N–H and O–H groups in total. The van der Waals surface area contributed by atoms with E-state index >= 15 is 0 Å². The number of hydrogen-bond acceptors (Lipinski definition) is 5. The van der Waals surface area contributed by atoms with E-state index in [4.69, 9.17) is 5.73 Å². The standard InChI is InChI=1S/C13H15F3N6O/c1-7-5-10(13(14,15)16)21-22(7)4-3-18-11(23)9-6-19-12(17)20-8(9)2/h5-6H,3-4H2,1-2H3,(H,18,23)(H2,17,19,20). The van der Waals surface area contributed by atoms with Crippen LogP contribution >= 0.6 is 0 Å². The Kier molecular flexibility index (Phi) is 4.52. The predicted molar refractivity (Wildman–Crippen MR) is 75.5 cm³/mol. The molecule has 0 fully saturated rings. The summed E-state index contributed by atoms with van der Waals surface area (Å²) in [5.74, 6) is -0.366. The molecule has 23 heavy (non-hydrogen) atoms. The van der Waals surface area contributed by atoms with Crippen molar-refractivity contribution in [3.05, 3.63) is 34.9 Å². The quantitative estimate of drug-likeness (QED) is 0.882. The number of carbonyl (C=O) groups is 1. The molecule has 0 aromatic carbocycles. The van der Waals surface area contributed by atoms with Gasteiger partial charge in [-0.05, 0) is 19.9 Å². The van der Waals surface area contributed by atoms with Crippen LogP contribution in [0.2, 0.25) is 0 Å². The minimum atomic E-state index is -4.49. The fourth-order valence-electron chi connectivity index (χ4n) is 1.95. The molecule has 2 rings (SSSR count). The molecule has 2 heterocycles. The Balaban J connectivity index is 1.97. The normalized spacial score (nSPS) is 11.5. The Labute approximate surface area is 129 Å². The molecule has 0 aliphatic carbocycles. The van der Waals surface area contributed by atoms with Crippen molar-refractivity contribution in [2.24, 2.45) is 0 Å². The lowest BCUT2D eigenvalue weighted by Gasteiger charge is -2.08. The van der Waals surface area contributed by atoms with Crippen molar-refractivity contribution >= 4 is 11.9 Å². The molecule has 0 atom stereocenters. The number of carbonyl (C=O) groups excluding carboxylic acids is 1. The molecule has 124 valence electrons. The predicted octanol–water partition coefficient (Wildman–Crippen LogP) is 1.32. The van der Waals surface area contributed by atoms with Crippen molar-refractivity contribution in [3.63, 3.8) is 0 Å². The summed E-state index contributed by atoms with van der Waals surface area (Å²) in [6.45, 7) is 3.35. The van der Waals surface area contributed by atoms with Crippen molar-refractivity contribution in [1.29, 1.82) is 0 Å². The molecule has 0 radical (unpaired) electrons. The van der Waals surface area contributed by atoms with Gasteiger partial charge >= 0.3 is 6.18 Å². The fraction of sp³-hybridized carbons (Fsp3) is 0.385. The van der Waals surface area contributed by atoms with Gasteiger partial charge in [-0.25, -0.2) is 9.97 Å². The zero-order chi connectivity index (χ0) is 17.2. The molecule has 7 nitrogen and oxygen atoms in total. The van der Waals surface area contributed by atoms with E-state index in [1.54, 1.807) is 6.92 Å². The zero-order valence-corrected chi connectivity index (χ0v) is 12.5. The van der Waals surface area contributed by atoms with E-state index in [-0.39, 0.29) is 24.6 Å². The highest BCUT2D eigenvalue weighted by Gasteiger charge is 2.34. The van der Waals surface area contributed by atoms with Crippen molar-refractivity contribution in [1.82, 2.24) is 25.1 Å². The van der Waals surface area contributed by atoms with Gasteiger partial charge in [-0.3, -0.25) is 9.48 Å². The van der Waals surface area contributed by atoms with Gasteiger partial charge in [0.2, 0.25) is 5.95 Å². The summed E-state index contributed by atoms with van der Waals surface area (Å²) in [6, 6.07) is 0.958.